The van der Waals surface area contributed by atoms with Gasteiger partial charge in [0.2, 0.25) is 11.8 Å². The molecule has 9 heteroatoms. The highest BCUT2D eigenvalue weighted by atomic mass is 35.5. The minimum atomic E-state index is -0.649. The minimum Gasteiger partial charge on any atom is -0.355 e. The second-order valence-corrected chi connectivity index (χ2v) is 7.51. The van der Waals surface area contributed by atoms with Gasteiger partial charge in [0, 0.05) is 44.3 Å². The number of piperazine rings is 1. The van der Waals surface area contributed by atoms with E-state index in [2.05, 4.69) is 15.5 Å². The number of hydrogen-bond donors (Lipinski definition) is 2. The van der Waals surface area contributed by atoms with Crippen LogP contribution in [0.25, 0.3) is 0 Å². The van der Waals surface area contributed by atoms with E-state index < -0.39 is 5.92 Å². The van der Waals surface area contributed by atoms with Crippen LogP contribution in [0.4, 0.5) is 5.69 Å². The lowest BCUT2D eigenvalue weighted by molar-refractivity contribution is -0.132. The highest BCUT2D eigenvalue weighted by Gasteiger charge is 2.38. The maximum absolute atomic E-state index is 12.6. The first-order chi connectivity index (χ1) is 12.6. The van der Waals surface area contributed by atoms with E-state index in [0.717, 1.165) is 39.1 Å². The van der Waals surface area contributed by atoms with E-state index in [-0.39, 0.29) is 24.2 Å². The summed E-state index contributed by atoms with van der Waals surface area (Å²) in [5.41, 5.74) is 0.568. The monoisotopic (exact) mass is 434 g/mol. The van der Waals surface area contributed by atoms with Crippen molar-refractivity contribution in [2.75, 3.05) is 50.7 Å². The number of carbonyl (C=O) groups is 2. The van der Waals surface area contributed by atoms with Gasteiger partial charge in [0.25, 0.3) is 0 Å². The third-order valence-electron chi connectivity index (χ3n) is 4.88. The Balaban J connectivity index is 0.00000261. The second-order valence-electron chi connectivity index (χ2n) is 6.66. The smallest absolute Gasteiger partial charge is 0.239 e. The van der Waals surface area contributed by atoms with Crippen molar-refractivity contribution in [1.82, 2.24) is 15.5 Å². The van der Waals surface area contributed by atoms with Crippen molar-refractivity contribution in [1.29, 1.82) is 0 Å². The van der Waals surface area contributed by atoms with Crippen LogP contribution in [0.1, 0.15) is 12.8 Å². The number of carbonyl (C=O) groups excluding carboxylic acids is 2. The van der Waals surface area contributed by atoms with E-state index in [4.69, 9.17) is 23.2 Å². The number of nitrogens with one attached hydrogen (secondary N) is 2. The maximum atomic E-state index is 12.6. The van der Waals surface area contributed by atoms with Crippen LogP contribution in [0.15, 0.2) is 18.2 Å². The number of rotatable bonds is 6. The van der Waals surface area contributed by atoms with E-state index >= 15 is 0 Å². The Kier molecular flexibility index (Phi) is 8.63. The zero-order valence-electron chi connectivity index (χ0n) is 15.0. The molecule has 0 aliphatic carbocycles. The molecule has 6 nitrogen and oxygen atoms in total. The van der Waals surface area contributed by atoms with Crippen LogP contribution >= 0.6 is 35.6 Å². The zero-order valence-corrected chi connectivity index (χ0v) is 17.4. The van der Waals surface area contributed by atoms with Crippen LogP contribution in [-0.4, -0.2) is 62.5 Å². The molecule has 2 fully saturated rings. The summed E-state index contributed by atoms with van der Waals surface area (Å²) in [6.07, 6.45) is 1.38. The lowest BCUT2D eigenvalue weighted by Crippen LogP contribution is -2.44. The lowest BCUT2D eigenvalue weighted by Gasteiger charge is -2.27. The fourth-order valence-corrected chi connectivity index (χ4v) is 3.81. The molecule has 2 amide bonds. The predicted octanol–water partition coefficient (Wildman–Crippen LogP) is 2.18. The molecule has 3 rings (SSSR count). The van der Waals surface area contributed by atoms with Crippen LogP contribution in [0.5, 0.6) is 0 Å². The molecule has 1 aromatic carbocycles. The van der Waals surface area contributed by atoms with E-state index in [9.17, 15) is 9.59 Å². The summed E-state index contributed by atoms with van der Waals surface area (Å²) in [6.45, 7) is 6.15. The molecule has 0 aromatic heterocycles. The Morgan fingerprint density at radius 1 is 1.22 bits per heavy atom. The number of hydrogen-bond acceptors (Lipinski definition) is 4. The molecule has 2 saturated heterocycles. The van der Waals surface area contributed by atoms with Gasteiger partial charge in [-0.05, 0) is 37.6 Å². The zero-order chi connectivity index (χ0) is 18.5. The van der Waals surface area contributed by atoms with Crippen LogP contribution < -0.4 is 15.5 Å². The number of benzene rings is 1. The SMILES string of the molecule is Cl.O=C(NCCCN1CCNCC1)C1CCN(c2cc(Cl)ccc2Cl)C1=O. The summed E-state index contributed by atoms with van der Waals surface area (Å²) < 4.78 is 0. The second kappa shape index (κ2) is 10.5. The summed E-state index contributed by atoms with van der Waals surface area (Å²) in [5.74, 6) is -1.06. The third kappa shape index (κ3) is 5.72. The lowest BCUT2D eigenvalue weighted by atomic mass is 10.1. The van der Waals surface area contributed by atoms with Gasteiger partial charge in [0.15, 0.2) is 0 Å². The van der Waals surface area contributed by atoms with Gasteiger partial charge in [-0.3, -0.25) is 9.59 Å². The van der Waals surface area contributed by atoms with E-state index in [1.54, 1.807) is 23.1 Å². The first-order valence-electron chi connectivity index (χ1n) is 9.03. The summed E-state index contributed by atoms with van der Waals surface area (Å²) in [6, 6.07) is 5.00. The summed E-state index contributed by atoms with van der Waals surface area (Å²) in [4.78, 5) is 29.0. The van der Waals surface area contributed by atoms with Crippen LogP contribution in [-0.2, 0) is 9.59 Å². The van der Waals surface area contributed by atoms with Gasteiger partial charge in [-0.2, -0.15) is 0 Å². The van der Waals surface area contributed by atoms with Crippen LogP contribution in [0.3, 0.4) is 0 Å². The fraction of sp³-hybridized carbons (Fsp3) is 0.556. The summed E-state index contributed by atoms with van der Waals surface area (Å²) in [7, 11) is 0. The molecule has 2 aliphatic rings. The Hall–Kier alpha value is -1.05. The van der Waals surface area contributed by atoms with Gasteiger partial charge < -0.3 is 20.4 Å². The highest BCUT2D eigenvalue weighted by molar-refractivity contribution is 6.36. The molecule has 27 heavy (non-hydrogen) atoms. The summed E-state index contributed by atoms with van der Waals surface area (Å²) >= 11 is 12.2. The molecule has 2 N–H and O–H groups in total. The molecule has 0 saturated carbocycles. The van der Waals surface area contributed by atoms with Crippen molar-refractivity contribution in [2.45, 2.75) is 12.8 Å². The average molecular weight is 436 g/mol. The van der Waals surface area contributed by atoms with Crippen molar-refractivity contribution < 1.29 is 9.59 Å². The molecule has 0 bridgehead atoms. The van der Waals surface area contributed by atoms with E-state index in [0.29, 0.717) is 35.2 Å². The Morgan fingerprint density at radius 2 is 1.96 bits per heavy atom. The van der Waals surface area contributed by atoms with Crippen molar-refractivity contribution in [2.24, 2.45) is 5.92 Å². The van der Waals surface area contributed by atoms with Crippen molar-refractivity contribution >= 4 is 53.1 Å². The molecule has 2 aliphatic heterocycles. The average Bonchev–Trinajstić information content (AvgIpc) is 3.03. The molecule has 1 unspecified atom stereocenters. The largest absolute Gasteiger partial charge is 0.355 e. The molecular formula is C18H25Cl3N4O2. The van der Waals surface area contributed by atoms with E-state index in [1.165, 1.54) is 0 Å². The highest BCUT2D eigenvalue weighted by Crippen LogP contribution is 2.33. The number of anilines is 1. The van der Waals surface area contributed by atoms with Gasteiger partial charge in [-0.1, -0.05) is 23.2 Å². The quantitative estimate of drug-likeness (QED) is 0.531. The number of nitrogens with zero attached hydrogens (tertiary/aromatic N) is 2. The van der Waals surface area contributed by atoms with Crippen molar-refractivity contribution in [3.63, 3.8) is 0 Å². The Bertz CT molecular complexity index is 668. The van der Waals surface area contributed by atoms with Crippen molar-refractivity contribution in [3.05, 3.63) is 28.2 Å². The normalized spacial score (nSPS) is 20.4. The number of halogens is 3. The molecule has 1 aromatic rings. The first kappa shape index (κ1) is 22.2. The minimum absolute atomic E-state index is 0. The first-order valence-corrected chi connectivity index (χ1v) is 9.79. The van der Waals surface area contributed by atoms with Gasteiger partial charge in [0.05, 0.1) is 10.7 Å². The van der Waals surface area contributed by atoms with Crippen molar-refractivity contribution in [3.8, 4) is 0 Å². The van der Waals surface area contributed by atoms with Gasteiger partial charge >= 0.3 is 0 Å². The standard InChI is InChI=1S/C18H24Cl2N4O2.ClH/c19-13-2-3-15(20)16(12-13)24-9-4-14(18(24)26)17(25)22-5-1-8-23-10-6-21-7-11-23;/h2-3,12,14,21H,1,4-11H2,(H,22,25);1H. The van der Waals surface area contributed by atoms with E-state index in [1.807, 2.05) is 0 Å². The van der Waals surface area contributed by atoms with Gasteiger partial charge in [-0.25, -0.2) is 0 Å². The topological polar surface area (TPSA) is 64.7 Å². The number of amides is 2. The van der Waals surface area contributed by atoms with Gasteiger partial charge in [-0.15, -0.1) is 12.4 Å². The maximum Gasteiger partial charge on any atom is 0.239 e. The molecule has 1 atom stereocenters. The van der Waals surface area contributed by atoms with Gasteiger partial charge in [0.1, 0.15) is 5.92 Å². The Morgan fingerprint density at radius 3 is 2.70 bits per heavy atom. The molecule has 0 spiro atoms. The summed E-state index contributed by atoms with van der Waals surface area (Å²) in [5, 5.41) is 7.19. The fourth-order valence-electron chi connectivity index (χ4n) is 3.43. The van der Waals surface area contributed by atoms with Crippen LogP contribution in [0.2, 0.25) is 10.0 Å². The molecule has 0 radical (unpaired) electrons. The third-order valence-corrected chi connectivity index (χ3v) is 5.44. The Labute approximate surface area is 176 Å². The van der Waals surface area contributed by atoms with Crippen LogP contribution in [0, 0.1) is 5.92 Å². The molecular weight excluding hydrogens is 411 g/mol. The molecule has 2 heterocycles. The molecule has 150 valence electrons. The predicted molar refractivity (Wildman–Crippen MR) is 111 cm³/mol.